The maximum atomic E-state index is 12.8. The van der Waals surface area contributed by atoms with Crippen LogP contribution in [-0.4, -0.2) is 33.2 Å². The van der Waals surface area contributed by atoms with Gasteiger partial charge in [-0.25, -0.2) is 4.98 Å². The predicted molar refractivity (Wildman–Crippen MR) is 124 cm³/mol. The number of hydrogen-bond acceptors (Lipinski definition) is 4. The van der Waals surface area contributed by atoms with Crippen molar-refractivity contribution >= 4 is 28.3 Å². The second kappa shape index (κ2) is 10.2. The minimum absolute atomic E-state index is 0.0551. The third-order valence-electron chi connectivity index (χ3n) is 5.56. The van der Waals surface area contributed by atoms with Crippen molar-refractivity contribution in [2.75, 3.05) is 6.61 Å². The molecule has 1 amide bonds. The van der Waals surface area contributed by atoms with Gasteiger partial charge in [0.2, 0.25) is 0 Å². The van der Waals surface area contributed by atoms with E-state index in [0.29, 0.717) is 17.5 Å². The minimum atomic E-state index is -0.232. The number of imidazole rings is 1. The van der Waals surface area contributed by atoms with E-state index < -0.39 is 0 Å². The van der Waals surface area contributed by atoms with E-state index in [1.54, 1.807) is 11.3 Å². The van der Waals surface area contributed by atoms with Gasteiger partial charge in [-0.2, -0.15) is 0 Å². The molecule has 0 bridgehead atoms. The molecule has 0 aliphatic rings. The van der Waals surface area contributed by atoms with Crippen LogP contribution in [0.2, 0.25) is 0 Å². The van der Waals surface area contributed by atoms with Crippen LogP contribution in [0.3, 0.4) is 0 Å². The monoisotopic (exact) mass is 427 g/mol. The van der Waals surface area contributed by atoms with E-state index >= 15 is 0 Å². The van der Waals surface area contributed by atoms with E-state index in [0.717, 1.165) is 42.5 Å². The molecule has 6 heteroatoms. The summed E-state index contributed by atoms with van der Waals surface area (Å²) in [6.45, 7) is 8.53. The summed E-state index contributed by atoms with van der Waals surface area (Å²) < 4.78 is 2.35. The molecule has 0 aliphatic heterocycles. The summed E-state index contributed by atoms with van der Waals surface area (Å²) in [4.78, 5) is 19.0. The Bertz CT molecular complexity index is 958. The van der Waals surface area contributed by atoms with Crippen LogP contribution in [-0.2, 0) is 6.42 Å². The number of amides is 1. The molecular formula is C24H33N3O2S. The van der Waals surface area contributed by atoms with Gasteiger partial charge in [0, 0.05) is 22.9 Å². The largest absolute Gasteiger partial charge is 0.394 e. The molecule has 0 aliphatic carbocycles. The average molecular weight is 428 g/mol. The molecule has 0 radical (unpaired) electrons. The SMILES string of the molecule is CCC(CC)n1c(Cc2cccs2)nc2cc(C(=O)NC(CO)CC(C)C)ccc21. The molecule has 3 rings (SSSR count). The highest BCUT2D eigenvalue weighted by Gasteiger charge is 2.20. The molecule has 0 spiro atoms. The Morgan fingerprint density at radius 3 is 2.60 bits per heavy atom. The maximum absolute atomic E-state index is 12.8. The van der Waals surface area contributed by atoms with Crippen molar-refractivity contribution in [2.45, 2.75) is 65.5 Å². The molecular weight excluding hydrogens is 394 g/mol. The van der Waals surface area contributed by atoms with E-state index in [-0.39, 0.29) is 18.6 Å². The first kappa shape index (κ1) is 22.5. The van der Waals surface area contributed by atoms with Crippen molar-refractivity contribution in [1.29, 1.82) is 0 Å². The molecule has 30 heavy (non-hydrogen) atoms. The zero-order valence-corrected chi connectivity index (χ0v) is 19.2. The molecule has 3 aromatic rings. The lowest BCUT2D eigenvalue weighted by Gasteiger charge is -2.19. The summed E-state index contributed by atoms with van der Waals surface area (Å²) in [5.41, 5.74) is 2.51. The van der Waals surface area contributed by atoms with Crippen LogP contribution in [0.4, 0.5) is 0 Å². The van der Waals surface area contributed by atoms with Crippen LogP contribution >= 0.6 is 11.3 Å². The summed E-state index contributed by atoms with van der Waals surface area (Å²) in [6.07, 6.45) is 3.62. The third kappa shape index (κ3) is 5.10. The van der Waals surface area contributed by atoms with Crippen LogP contribution < -0.4 is 5.32 Å². The average Bonchev–Trinajstić information content (AvgIpc) is 3.36. The first-order valence-corrected chi connectivity index (χ1v) is 11.8. The van der Waals surface area contributed by atoms with Gasteiger partial charge in [-0.3, -0.25) is 4.79 Å². The third-order valence-corrected chi connectivity index (χ3v) is 6.43. The van der Waals surface area contributed by atoms with Crippen LogP contribution in [0.1, 0.15) is 74.1 Å². The zero-order valence-electron chi connectivity index (χ0n) is 18.4. The minimum Gasteiger partial charge on any atom is -0.394 e. The number of aromatic nitrogens is 2. The van der Waals surface area contributed by atoms with E-state index in [9.17, 15) is 9.90 Å². The van der Waals surface area contributed by atoms with Crippen LogP contribution in [0.5, 0.6) is 0 Å². The smallest absolute Gasteiger partial charge is 0.251 e. The lowest BCUT2D eigenvalue weighted by atomic mass is 10.0. The van der Waals surface area contributed by atoms with Crippen molar-refractivity contribution in [3.8, 4) is 0 Å². The highest BCUT2D eigenvalue weighted by molar-refractivity contribution is 7.09. The normalized spacial score (nSPS) is 12.8. The number of nitrogens with zero attached hydrogens (tertiary/aromatic N) is 2. The summed E-state index contributed by atoms with van der Waals surface area (Å²) in [5, 5.41) is 14.6. The van der Waals surface area contributed by atoms with Gasteiger partial charge in [-0.15, -0.1) is 11.3 Å². The molecule has 1 aromatic carbocycles. The highest BCUT2D eigenvalue weighted by atomic mass is 32.1. The predicted octanol–water partition coefficient (Wildman–Crippen LogP) is 5.19. The Morgan fingerprint density at radius 2 is 2.00 bits per heavy atom. The number of nitrogens with one attached hydrogen (secondary N) is 1. The Morgan fingerprint density at radius 1 is 1.23 bits per heavy atom. The second-order valence-electron chi connectivity index (χ2n) is 8.31. The first-order valence-electron chi connectivity index (χ1n) is 10.9. The zero-order chi connectivity index (χ0) is 21.7. The van der Waals surface area contributed by atoms with E-state index in [1.807, 2.05) is 18.2 Å². The number of hydrogen-bond donors (Lipinski definition) is 2. The molecule has 162 valence electrons. The van der Waals surface area contributed by atoms with E-state index in [4.69, 9.17) is 4.98 Å². The van der Waals surface area contributed by atoms with E-state index in [2.05, 4.69) is 55.1 Å². The molecule has 0 saturated heterocycles. The Labute approximate surface area is 183 Å². The number of carbonyl (C=O) groups is 1. The van der Waals surface area contributed by atoms with E-state index in [1.165, 1.54) is 4.88 Å². The quantitative estimate of drug-likeness (QED) is 0.468. The molecule has 0 fully saturated rings. The summed E-state index contributed by atoms with van der Waals surface area (Å²) in [7, 11) is 0. The van der Waals surface area contributed by atoms with Crippen molar-refractivity contribution in [1.82, 2.24) is 14.9 Å². The Kier molecular flexibility index (Phi) is 7.67. The van der Waals surface area contributed by atoms with Crippen LogP contribution in [0, 0.1) is 5.92 Å². The lowest BCUT2D eigenvalue weighted by Crippen LogP contribution is -2.38. The van der Waals surface area contributed by atoms with Gasteiger partial charge in [-0.05, 0) is 54.8 Å². The van der Waals surface area contributed by atoms with Gasteiger partial charge in [0.1, 0.15) is 5.82 Å². The second-order valence-corrected chi connectivity index (χ2v) is 9.34. The number of carbonyl (C=O) groups excluding carboxylic acids is 1. The van der Waals surface area contributed by atoms with Crippen molar-refractivity contribution in [2.24, 2.45) is 5.92 Å². The molecule has 2 aromatic heterocycles. The number of rotatable bonds is 10. The van der Waals surface area contributed by atoms with Crippen molar-refractivity contribution < 1.29 is 9.90 Å². The molecule has 2 heterocycles. The van der Waals surface area contributed by atoms with Gasteiger partial charge in [-0.1, -0.05) is 33.8 Å². The fraction of sp³-hybridized carbons (Fsp3) is 0.500. The van der Waals surface area contributed by atoms with Crippen LogP contribution in [0.15, 0.2) is 35.7 Å². The van der Waals surface area contributed by atoms with Gasteiger partial charge in [0.05, 0.1) is 23.7 Å². The Hall–Kier alpha value is -2.18. The molecule has 1 atom stereocenters. The topological polar surface area (TPSA) is 67.2 Å². The van der Waals surface area contributed by atoms with Crippen molar-refractivity contribution in [3.63, 3.8) is 0 Å². The summed E-state index contributed by atoms with van der Waals surface area (Å²) in [5.74, 6) is 1.29. The summed E-state index contributed by atoms with van der Waals surface area (Å²) >= 11 is 1.74. The van der Waals surface area contributed by atoms with Gasteiger partial charge < -0.3 is 15.0 Å². The molecule has 1 unspecified atom stereocenters. The summed E-state index contributed by atoms with van der Waals surface area (Å²) in [6, 6.07) is 10.1. The van der Waals surface area contributed by atoms with Crippen LogP contribution in [0.25, 0.3) is 11.0 Å². The fourth-order valence-corrected chi connectivity index (χ4v) is 4.76. The molecule has 2 N–H and O–H groups in total. The molecule has 0 saturated carbocycles. The van der Waals surface area contributed by atoms with Crippen molar-refractivity contribution in [3.05, 3.63) is 52.0 Å². The molecule has 5 nitrogen and oxygen atoms in total. The standard InChI is InChI=1S/C24H33N3O2S/c1-5-19(6-2)27-22-10-9-17(24(29)25-18(15-28)12-16(3)4)13-21(22)26-23(27)14-20-8-7-11-30-20/h7-11,13,16,18-19,28H,5-6,12,14-15H2,1-4H3,(H,25,29). The van der Waals surface area contributed by atoms with Gasteiger partial charge in [0.15, 0.2) is 0 Å². The number of thiophene rings is 1. The number of benzene rings is 1. The number of aliphatic hydroxyl groups is 1. The van der Waals surface area contributed by atoms with Gasteiger partial charge >= 0.3 is 0 Å². The Balaban J connectivity index is 1.94. The maximum Gasteiger partial charge on any atom is 0.251 e. The highest BCUT2D eigenvalue weighted by Crippen LogP contribution is 2.28. The first-order chi connectivity index (χ1) is 14.5. The number of fused-ring (bicyclic) bond motifs is 1. The lowest BCUT2D eigenvalue weighted by molar-refractivity contribution is 0.0908. The fourth-order valence-electron chi connectivity index (χ4n) is 4.06. The number of aliphatic hydroxyl groups excluding tert-OH is 1. The van der Waals surface area contributed by atoms with Gasteiger partial charge in [0.25, 0.3) is 5.91 Å².